The summed E-state index contributed by atoms with van der Waals surface area (Å²) in [7, 11) is 0. The lowest BCUT2D eigenvalue weighted by atomic mass is 9.87. The van der Waals surface area contributed by atoms with Crippen LogP contribution in [-0.2, 0) is 5.41 Å². The van der Waals surface area contributed by atoms with Gasteiger partial charge in [-0.05, 0) is 35.2 Å². The second-order valence-electron chi connectivity index (χ2n) is 6.25. The third-order valence-corrected chi connectivity index (χ3v) is 3.38. The highest BCUT2D eigenvalue weighted by Gasteiger charge is 2.15. The minimum atomic E-state index is -0.660. The van der Waals surface area contributed by atoms with Crippen molar-refractivity contribution in [2.45, 2.75) is 26.2 Å². The van der Waals surface area contributed by atoms with Gasteiger partial charge in [-0.15, -0.1) is 0 Å². The average Bonchev–Trinajstić information content (AvgIpc) is 2.47. The molecule has 5 nitrogen and oxygen atoms in total. The lowest BCUT2D eigenvalue weighted by molar-refractivity contribution is 0.0964. The van der Waals surface area contributed by atoms with E-state index in [4.69, 9.17) is 0 Å². The fourth-order valence-corrected chi connectivity index (χ4v) is 2.05. The summed E-state index contributed by atoms with van der Waals surface area (Å²) in [5.41, 5.74) is 1.81. The van der Waals surface area contributed by atoms with Gasteiger partial charge in [0.15, 0.2) is 0 Å². The smallest absolute Gasteiger partial charge is 0.326 e. The van der Waals surface area contributed by atoms with Crippen LogP contribution in [0, 0.1) is 0 Å². The first kappa shape index (κ1) is 16.5. The molecule has 0 heterocycles. The number of anilines is 1. The fraction of sp³-hybridized carbons (Fsp3) is 0.222. The van der Waals surface area contributed by atoms with Crippen LogP contribution < -0.4 is 10.6 Å². The van der Waals surface area contributed by atoms with E-state index in [2.05, 4.69) is 31.4 Å². The number of aromatic hydroxyl groups is 1. The standard InChI is InChI=1S/C18H20N2O3/c1-18(2,3)12-8-10-13(11-9-12)19-17(23)20-16(22)14-6-4-5-7-15(14)21/h4-11,21H,1-3H3,(H2,19,20,22,23). The van der Waals surface area contributed by atoms with Crippen molar-refractivity contribution in [2.75, 3.05) is 5.32 Å². The van der Waals surface area contributed by atoms with E-state index >= 15 is 0 Å². The second-order valence-corrected chi connectivity index (χ2v) is 6.25. The van der Waals surface area contributed by atoms with Gasteiger partial charge in [0.2, 0.25) is 0 Å². The normalized spacial score (nSPS) is 10.9. The topological polar surface area (TPSA) is 78.4 Å². The summed E-state index contributed by atoms with van der Waals surface area (Å²) in [6.07, 6.45) is 0. The van der Waals surface area contributed by atoms with E-state index < -0.39 is 11.9 Å². The van der Waals surface area contributed by atoms with E-state index in [-0.39, 0.29) is 16.7 Å². The molecule has 0 aromatic heterocycles. The Kier molecular flexibility index (Phi) is 4.69. The van der Waals surface area contributed by atoms with Crippen molar-refractivity contribution in [3.63, 3.8) is 0 Å². The van der Waals surface area contributed by atoms with Gasteiger partial charge >= 0.3 is 6.03 Å². The Labute approximate surface area is 135 Å². The van der Waals surface area contributed by atoms with E-state index in [0.29, 0.717) is 5.69 Å². The molecule has 2 aromatic carbocycles. The van der Waals surface area contributed by atoms with Crippen molar-refractivity contribution in [3.05, 3.63) is 59.7 Å². The Hall–Kier alpha value is -2.82. The Morgan fingerprint density at radius 1 is 0.957 bits per heavy atom. The fourth-order valence-electron chi connectivity index (χ4n) is 2.05. The largest absolute Gasteiger partial charge is 0.507 e. The maximum absolute atomic E-state index is 11.9. The van der Waals surface area contributed by atoms with E-state index in [9.17, 15) is 14.7 Å². The van der Waals surface area contributed by atoms with Crippen LogP contribution in [0.15, 0.2) is 48.5 Å². The van der Waals surface area contributed by atoms with Crippen molar-refractivity contribution in [2.24, 2.45) is 0 Å². The predicted molar refractivity (Wildman–Crippen MR) is 89.7 cm³/mol. The number of carbonyl (C=O) groups is 2. The molecular formula is C18H20N2O3. The number of phenols is 1. The molecule has 0 radical (unpaired) electrons. The Balaban J connectivity index is 2.00. The van der Waals surface area contributed by atoms with Crippen LogP contribution in [0.2, 0.25) is 0 Å². The van der Waals surface area contributed by atoms with Gasteiger partial charge in [-0.3, -0.25) is 10.1 Å². The zero-order chi connectivity index (χ0) is 17.0. The summed E-state index contributed by atoms with van der Waals surface area (Å²) in [5.74, 6) is -0.834. The zero-order valence-electron chi connectivity index (χ0n) is 13.4. The van der Waals surface area contributed by atoms with Crippen LogP contribution in [0.5, 0.6) is 5.75 Å². The number of hydrogen-bond acceptors (Lipinski definition) is 3. The molecule has 120 valence electrons. The maximum Gasteiger partial charge on any atom is 0.326 e. The van der Waals surface area contributed by atoms with Crippen LogP contribution in [0.3, 0.4) is 0 Å². The molecule has 2 aromatic rings. The molecule has 5 heteroatoms. The highest BCUT2D eigenvalue weighted by atomic mass is 16.3. The predicted octanol–water partition coefficient (Wildman–Crippen LogP) is 3.65. The summed E-state index contributed by atoms with van der Waals surface area (Å²) in [6, 6.07) is 12.8. The highest BCUT2D eigenvalue weighted by molar-refractivity contribution is 6.09. The molecule has 0 bridgehead atoms. The lowest BCUT2D eigenvalue weighted by Crippen LogP contribution is -2.34. The van der Waals surface area contributed by atoms with Gasteiger partial charge in [-0.1, -0.05) is 45.0 Å². The second kappa shape index (κ2) is 6.52. The zero-order valence-corrected chi connectivity index (χ0v) is 13.4. The third-order valence-electron chi connectivity index (χ3n) is 3.38. The molecule has 0 aliphatic heterocycles. The van der Waals surface area contributed by atoms with Gasteiger partial charge in [-0.2, -0.15) is 0 Å². The Bertz CT molecular complexity index is 716. The number of para-hydroxylation sites is 1. The third kappa shape index (κ3) is 4.32. The summed E-state index contributed by atoms with van der Waals surface area (Å²) in [5, 5.41) is 14.4. The maximum atomic E-state index is 11.9. The first-order chi connectivity index (χ1) is 10.8. The quantitative estimate of drug-likeness (QED) is 0.792. The number of hydrogen-bond donors (Lipinski definition) is 3. The lowest BCUT2D eigenvalue weighted by Gasteiger charge is -2.19. The monoisotopic (exact) mass is 312 g/mol. The minimum Gasteiger partial charge on any atom is -0.507 e. The molecule has 0 aliphatic rings. The molecule has 0 aliphatic carbocycles. The molecule has 0 saturated carbocycles. The molecule has 0 unspecified atom stereocenters. The first-order valence-corrected chi connectivity index (χ1v) is 7.28. The van der Waals surface area contributed by atoms with Gasteiger partial charge in [0.25, 0.3) is 5.91 Å². The first-order valence-electron chi connectivity index (χ1n) is 7.28. The molecule has 23 heavy (non-hydrogen) atoms. The van der Waals surface area contributed by atoms with Crippen LogP contribution in [0.1, 0.15) is 36.7 Å². The van der Waals surface area contributed by atoms with Crippen molar-refractivity contribution >= 4 is 17.6 Å². The molecule has 0 spiro atoms. The van der Waals surface area contributed by atoms with Gasteiger partial charge in [0.1, 0.15) is 5.75 Å². The molecular weight excluding hydrogens is 292 g/mol. The Morgan fingerprint density at radius 3 is 2.13 bits per heavy atom. The number of rotatable bonds is 2. The van der Waals surface area contributed by atoms with E-state index in [1.54, 1.807) is 24.3 Å². The van der Waals surface area contributed by atoms with Crippen molar-refractivity contribution in [3.8, 4) is 5.75 Å². The van der Waals surface area contributed by atoms with Gasteiger partial charge in [0.05, 0.1) is 5.56 Å². The molecule has 0 saturated heterocycles. The summed E-state index contributed by atoms with van der Waals surface area (Å²) < 4.78 is 0. The van der Waals surface area contributed by atoms with E-state index in [1.807, 2.05) is 12.1 Å². The number of benzene rings is 2. The van der Waals surface area contributed by atoms with E-state index in [0.717, 1.165) is 5.56 Å². The van der Waals surface area contributed by atoms with Crippen molar-refractivity contribution in [1.29, 1.82) is 0 Å². The summed E-state index contributed by atoms with van der Waals surface area (Å²) >= 11 is 0. The number of carbonyl (C=O) groups excluding carboxylic acids is 2. The molecule has 0 fully saturated rings. The van der Waals surface area contributed by atoms with Crippen molar-refractivity contribution < 1.29 is 14.7 Å². The van der Waals surface area contributed by atoms with Crippen molar-refractivity contribution in [1.82, 2.24) is 5.32 Å². The van der Waals surface area contributed by atoms with Crippen LogP contribution in [0.25, 0.3) is 0 Å². The SMILES string of the molecule is CC(C)(C)c1ccc(NC(=O)NC(=O)c2ccccc2O)cc1. The number of imide groups is 1. The molecule has 2 rings (SSSR count). The minimum absolute atomic E-state index is 0.0294. The van der Waals surface area contributed by atoms with Crippen LogP contribution in [-0.4, -0.2) is 17.0 Å². The summed E-state index contributed by atoms with van der Waals surface area (Å²) in [6.45, 7) is 6.31. The van der Waals surface area contributed by atoms with Crippen LogP contribution in [0.4, 0.5) is 10.5 Å². The van der Waals surface area contributed by atoms with E-state index in [1.165, 1.54) is 12.1 Å². The number of nitrogens with one attached hydrogen (secondary N) is 2. The highest BCUT2D eigenvalue weighted by Crippen LogP contribution is 2.23. The number of urea groups is 1. The van der Waals surface area contributed by atoms with Gasteiger partial charge in [-0.25, -0.2) is 4.79 Å². The van der Waals surface area contributed by atoms with Gasteiger partial charge in [0, 0.05) is 5.69 Å². The number of amides is 3. The Morgan fingerprint density at radius 2 is 1.57 bits per heavy atom. The number of phenolic OH excluding ortho intramolecular Hbond substituents is 1. The molecule has 3 amide bonds. The van der Waals surface area contributed by atoms with Crippen LogP contribution >= 0.6 is 0 Å². The average molecular weight is 312 g/mol. The molecule has 0 atom stereocenters. The van der Waals surface area contributed by atoms with Gasteiger partial charge < -0.3 is 10.4 Å². The summed E-state index contributed by atoms with van der Waals surface area (Å²) in [4.78, 5) is 23.8. The molecule has 3 N–H and O–H groups in total.